The molecule has 0 atom stereocenters. The topological polar surface area (TPSA) is 90.9 Å². The van der Waals surface area contributed by atoms with Crippen LogP contribution in [0.2, 0.25) is 0 Å². The van der Waals surface area contributed by atoms with Crippen LogP contribution in [0.25, 0.3) is 0 Å². The van der Waals surface area contributed by atoms with Gasteiger partial charge in [0, 0.05) is 6.42 Å². The van der Waals surface area contributed by atoms with E-state index in [2.05, 4.69) is 38.1 Å². The number of benzene rings is 1. The average molecular weight is 767 g/mol. The Kier molecular flexibility index (Phi) is 39.5. The van der Waals surface area contributed by atoms with Crippen molar-refractivity contribution in [2.24, 2.45) is 0 Å². The third-order valence-electron chi connectivity index (χ3n) is 9.32. The number of carbonyl (C=O) groups excluding carboxylic acids is 1. The zero-order chi connectivity index (χ0) is 38.7. The lowest BCUT2D eigenvalue weighted by Crippen LogP contribution is -2.15. The van der Waals surface area contributed by atoms with Crippen molar-refractivity contribution in [1.82, 2.24) is 0 Å². The van der Waals surface area contributed by atoms with Crippen molar-refractivity contribution in [2.45, 2.75) is 155 Å². The summed E-state index contributed by atoms with van der Waals surface area (Å²) in [7, 11) is 0. The number of hydrogen-bond donors (Lipinski definition) is 0. The largest absolute Gasteiger partial charge is 0.491 e. The molecule has 0 bridgehead atoms. The van der Waals surface area contributed by atoms with Gasteiger partial charge in [-0.05, 0) is 37.0 Å². The standard InChI is InChI=1S/C45H82O9/c1-3-5-7-9-11-12-13-14-15-16-18-20-22-24-45(46)54-42-40-52-38-36-50-34-32-48-30-29-47-31-33-49-35-37-51-39-41-53-44-27-25-43(26-28-44)23-21-19-17-10-8-6-4-2/h25-28H,3-24,29-42H2,1-2H3. The SMILES string of the molecule is CCCCCCCCCCCCCCCC(=O)OCCOCCOCCOCCOCCOCCOCCOc1ccc(CCCCCCCCC)cc1. The highest BCUT2D eigenvalue weighted by atomic mass is 16.6. The van der Waals surface area contributed by atoms with Gasteiger partial charge in [-0.15, -0.1) is 0 Å². The van der Waals surface area contributed by atoms with E-state index in [0.29, 0.717) is 98.9 Å². The van der Waals surface area contributed by atoms with Crippen LogP contribution in [-0.4, -0.2) is 98.5 Å². The summed E-state index contributed by atoms with van der Waals surface area (Å²) in [6, 6.07) is 8.46. The Labute approximate surface area is 331 Å². The molecule has 0 aliphatic heterocycles. The predicted octanol–water partition coefficient (Wildman–Crippen LogP) is 10.5. The molecule has 1 aromatic rings. The second kappa shape index (κ2) is 42.4. The van der Waals surface area contributed by atoms with Crippen LogP contribution in [0, 0.1) is 0 Å². The van der Waals surface area contributed by atoms with Crippen LogP contribution in [0.15, 0.2) is 24.3 Å². The van der Waals surface area contributed by atoms with Crippen molar-refractivity contribution in [3.8, 4) is 5.75 Å². The van der Waals surface area contributed by atoms with Crippen LogP contribution in [0.5, 0.6) is 5.75 Å². The Morgan fingerprint density at radius 2 is 0.722 bits per heavy atom. The van der Waals surface area contributed by atoms with E-state index in [-0.39, 0.29) is 5.97 Å². The zero-order valence-electron chi connectivity index (χ0n) is 34.9. The molecule has 316 valence electrons. The minimum Gasteiger partial charge on any atom is -0.491 e. The first-order valence-corrected chi connectivity index (χ1v) is 22.1. The summed E-state index contributed by atoms with van der Waals surface area (Å²) in [5.41, 5.74) is 1.38. The summed E-state index contributed by atoms with van der Waals surface area (Å²) < 4.78 is 44.3. The Hall–Kier alpha value is -1.75. The molecule has 0 radical (unpaired) electrons. The number of aryl methyl sites for hydroxylation is 1. The van der Waals surface area contributed by atoms with Crippen LogP contribution in [0.1, 0.15) is 154 Å². The number of ether oxygens (including phenoxy) is 8. The summed E-state index contributed by atoms with van der Waals surface area (Å²) in [4.78, 5) is 11.9. The summed E-state index contributed by atoms with van der Waals surface area (Å²) in [5.74, 6) is 0.762. The van der Waals surface area contributed by atoms with Crippen molar-refractivity contribution in [1.29, 1.82) is 0 Å². The fourth-order valence-corrected chi connectivity index (χ4v) is 6.03. The van der Waals surface area contributed by atoms with Crippen molar-refractivity contribution in [3.05, 3.63) is 29.8 Å². The molecule has 9 heteroatoms. The normalized spacial score (nSPS) is 11.4. The third-order valence-corrected chi connectivity index (χ3v) is 9.32. The maximum absolute atomic E-state index is 11.9. The molecule has 1 rings (SSSR count). The molecule has 0 heterocycles. The summed E-state index contributed by atoms with van der Waals surface area (Å²) in [6.07, 6.45) is 27.9. The fourth-order valence-electron chi connectivity index (χ4n) is 6.03. The summed E-state index contributed by atoms with van der Waals surface area (Å²) in [5, 5.41) is 0. The van der Waals surface area contributed by atoms with E-state index in [1.54, 1.807) is 0 Å². The second-order valence-corrected chi connectivity index (χ2v) is 14.3. The van der Waals surface area contributed by atoms with E-state index >= 15 is 0 Å². The van der Waals surface area contributed by atoms with Gasteiger partial charge in [0.2, 0.25) is 0 Å². The van der Waals surface area contributed by atoms with Gasteiger partial charge in [0.25, 0.3) is 0 Å². The maximum Gasteiger partial charge on any atom is 0.305 e. The first kappa shape index (κ1) is 50.3. The monoisotopic (exact) mass is 767 g/mol. The molecule has 0 spiro atoms. The van der Waals surface area contributed by atoms with E-state index in [9.17, 15) is 4.79 Å². The molecule has 0 amide bonds. The first-order valence-electron chi connectivity index (χ1n) is 22.1. The lowest BCUT2D eigenvalue weighted by molar-refractivity contribution is -0.145. The van der Waals surface area contributed by atoms with Gasteiger partial charge in [-0.2, -0.15) is 0 Å². The van der Waals surface area contributed by atoms with Crippen LogP contribution in [-0.2, 0) is 44.4 Å². The van der Waals surface area contributed by atoms with Crippen LogP contribution < -0.4 is 4.74 Å². The van der Waals surface area contributed by atoms with Crippen LogP contribution >= 0.6 is 0 Å². The Bertz CT molecular complexity index is 882. The number of hydrogen-bond acceptors (Lipinski definition) is 9. The van der Waals surface area contributed by atoms with Gasteiger partial charge in [0.15, 0.2) is 0 Å². The van der Waals surface area contributed by atoms with Gasteiger partial charge in [-0.25, -0.2) is 0 Å². The molecule has 0 unspecified atom stereocenters. The smallest absolute Gasteiger partial charge is 0.305 e. The van der Waals surface area contributed by atoms with E-state index in [4.69, 9.17) is 37.9 Å². The molecule has 54 heavy (non-hydrogen) atoms. The van der Waals surface area contributed by atoms with Gasteiger partial charge >= 0.3 is 5.97 Å². The first-order chi connectivity index (χ1) is 26.8. The Morgan fingerprint density at radius 3 is 1.13 bits per heavy atom. The number of unbranched alkanes of at least 4 members (excludes halogenated alkanes) is 18. The lowest BCUT2D eigenvalue weighted by atomic mass is 10.0. The van der Waals surface area contributed by atoms with E-state index in [1.165, 1.54) is 121 Å². The number of esters is 1. The highest BCUT2D eigenvalue weighted by molar-refractivity contribution is 5.69. The van der Waals surface area contributed by atoms with Crippen LogP contribution in [0.3, 0.4) is 0 Å². The molecular weight excluding hydrogens is 684 g/mol. The maximum atomic E-state index is 11.9. The van der Waals surface area contributed by atoms with Crippen molar-refractivity contribution < 1.29 is 42.7 Å². The zero-order valence-corrected chi connectivity index (χ0v) is 34.9. The Balaban J connectivity index is 1.71. The minimum absolute atomic E-state index is 0.125. The second-order valence-electron chi connectivity index (χ2n) is 14.3. The molecular formula is C45H82O9. The number of rotatable bonds is 44. The van der Waals surface area contributed by atoms with Gasteiger partial charge < -0.3 is 37.9 Å². The lowest BCUT2D eigenvalue weighted by Gasteiger charge is -2.09. The quantitative estimate of drug-likeness (QED) is 0.0475. The molecule has 0 aliphatic rings. The van der Waals surface area contributed by atoms with Gasteiger partial charge in [0.05, 0.1) is 79.3 Å². The highest BCUT2D eigenvalue weighted by Crippen LogP contribution is 2.16. The molecule has 0 N–H and O–H groups in total. The molecule has 0 aliphatic carbocycles. The van der Waals surface area contributed by atoms with Crippen LogP contribution in [0.4, 0.5) is 0 Å². The van der Waals surface area contributed by atoms with Gasteiger partial charge in [-0.3, -0.25) is 4.79 Å². The van der Waals surface area contributed by atoms with E-state index < -0.39 is 0 Å². The molecule has 0 fully saturated rings. The molecule has 0 aromatic heterocycles. The number of carbonyl (C=O) groups is 1. The average Bonchev–Trinajstić information content (AvgIpc) is 3.18. The summed E-state index contributed by atoms with van der Waals surface area (Å²) >= 11 is 0. The van der Waals surface area contributed by atoms with E-state index in [0.717, 1.165) is 25.0 Å². The van der Waals surface area contributed by atoms with Gasteiger partial charge in [-0.1, -0.05) is 142 Å². The van der Waals surface area contributed by atoms with Crippen molar-refractivity contribution >= 4 is 5.97 Å². The Morgan fingerprint density at radius 1 is 0.389 bits per heavy atom. The molecule has 0 saturated heterocycles. The van der Waals surface area contributed by atoms with Crippen molar-refractivity contribution in [2.75, 3.05) is 92.5 Å². The van der Waals surface area contributed by atoms with E-state index in [1.807, 2.05) is 0 Å². The van der Waals surface area contributed by atoms with Crippen molar-refractivity contribution in [3.63, 3.8) is 0 Å². The summed E-state index contributed by atoms with van der Waals surface area (Å²) in [6.45, 7) is 11.3. The molecule has 0 saturated carbocycles. The molecule has 9 nitrogen and oxygen atoms in total. The predicted molar refractivity (Wildman–Crippen MR) is 220 cm³/mol. The minimum atomic E-state index is -0.125. The molecule has 1 aromatic carbocycles. The fraction of sp³-hybridized carbons (Fsp3) is 0.844. The third kappa shape index (κ3) is 37.2. The highest BCUT2D eigenvalue weighted by Gasteiger charge is 2.03. The van der Waals surface area contributed by atoms with Gasteiger partial charge in [0.1, 0.15) is 19.0 Å².